The van der Waals surface area contributed by atoms with Gasteiger partial charge in [0.05, 0.1) is 6.61 Å². The van der Waals surface area contributed by atoms with Crippen LogP contribution in [0.5, 0.6) is 0 Å². The van der Waals surface area contributed by atoms with E-state index in [9.17, 15) is 14.2 Å². The first kappa shape index (κ1) is 30.8. The van der Waals surface area contributed by atoms with Crippen molar-refractivity contribution < 1.29 is 37.9 Å². The van der Waals surface area contributed by atoms with E-state index in [1.54, 1.807) is 0 Å². The molecule has 0 aliphatic rings. The van der Waals surface area contributed by atoms with Gasteiger partial charge in [-0.3, -0.25) is 14.1 Å². The van der Waals surface area contributed by atoms with Gasteiger partial charge in [-0.15, -0.1) is 0 Å². The first-order valence-electron chi connectivity index (χ1n) is 12.0. The molecule has 0 amide bonds. The number of hydrogen-bond donors (Lipinski definition) is 2. The van der Waals surface area contributed by atoms with Gasteiger partial charge in [-0.2, -0.15) is 0 Å². The van der Waals surface area contributed by atoms with E-state index in [2.05, 4.69) is 23.6 Å². The number of carbonyl (C=O) groups is 2. The van der Waals surface area contributed by atoms with E-state index < -0.39 is 32.5 Å². The summed E-state index contributed by atoms with van der Waals surface area (Å²) < 4.78 is 25.7. The third kappa shape index (κ3) is 22.0. The van der Waals surface area contributed by atoms with Gasteiger partial charge in [-0.25, -0.2) is 4.57 Å². The fourth-order valence-corrected chi connectivity index (χ4v) is 3.30. The molecule has 0 saturated carbocycles. The zero-order valence-electron chi connectivity index (χ0n) is 19.8. The van der Waals surface area contributed by atoms with E-state index in [4.69, 9.17) is 19.3 Å². The molecule has 1 atom stereocenters. The predicted molar refractivity (Wildman–Crippen MR) is 124 cm³/mol. The number of esters is 2. The number of carbonyl (C=O) groups excluding carboxylic acids is 2. The zero-order chi connectivity index (χ0) is 24.1. The number of phosphoric ester groups is 1. The quantitative estimate of drug-likeness (QED) is 0.0946. The lowest BCUT2D eigenvalue weighted by Gasteiger charge is -2.18. The fraction of sp³-hybridized carbons (Fsp3) is 0.826. The molecule has 8 nitrogen and oxygen atoms in total. The molecular weight excluding hydrogens is 435 g/mol. The van der Waals surface area contributed by atoms with Gasteiger partial charge in [0.1, 0.15) is 6.61 Å². The molecule has 0 aliphatic carbocycles. The summed E-state index contributed by atoms with van der Waals surface area (Å²) in [6.07, 6.45) is 16.0. The fourth-order valence-electron chi connectivity index (χ4n) is 2.94. The Labute approximate surface area is 193 Å². The first-order chi connectivity index (χ1) is 15.3. The second-order valence-corrected chi connectivity index (χ2v) is 9.20. The van der Waals surface area contributed by atoms with Crippen LogP contribution in [0.3, 0.4) is 0 Å². The lowest BCUT2D eigenvalue weighted by Crippen LogP contribution is -2.29. The Bertz CT molecular complexity index is 558. The maximum Gasteiger partial charge on any atom is 0.469 e. The highest BCUT2D eigenvalue weighted by Crippen LogP contribution is 2.35. The van der Waals surface area contributed by atoms with E-state index >= 15 is 0 Å². The molecule has 0 aromatic rings. The molecule has 2 N–H and O–H groups in total. The minimum Gasteiger partial charge on any atom is -0.462 e. The van der Waals surface area contributed by atoms with Crippen LogP contribution in [0.15, 0.2) is 12.2 Å². The minimum absolute atomic E-state index is 0.202. The zero-order valence-corrected chi connectivity index (χ0v) is 20.7. The number of ether oxygens (including phenoxy) is 2. The van der Waals surface area contributed by atoms with Gasteiger partial charge < -0.3 is 19.3 Å². The molecule has 0 spiro atoms. The van der Waals surface area contributed by atoms with Gasteiger partial charge in [-0.1, -0.05) is 70.9 Å². The van der Waals surface area contributed by atoms with Crippen molar-refractivity contribution in [3.8, 4) is 0 Å². The second kappa shape index (κ2) is 20.4. The minimum atomic E-state index is -4.72. The Kier molecular flexibility index (Phi) is 19.6. The van der Waals surface area contributed by atoms with Crippen LogP contribution in [-0.2, 0) is 28.2 Å². The van der Waals surface area contributed by atoms with Crippen molar-refractivity contribution in [2.24, 2.45) is 0 Å². The van der Waals surface area contributed by atoms with Crippen LogP contribution in [0, 0.1) is 0 Å². The lowest BCUT2D eigenvalue weighted by atomic mass is 10.1. The predicted octanol–water partition coefficient (Wildman–Crippen LogP) is 5.61. The van der Waals surface area contributed by atoms with Gasteiger partial charge >= 0.3 is 19.8 Å². The molecule has 0 fully saturated rings. The summed E-state index contributed by atoms with van der Waals surface area (Å²) in [5.74, 6) is -0.930. The molecule has 0 saturated heterocycles. The summed E-state index contributed by atoms with van der Waals surface area (Å²) in [5.41, 5.74) is 0. The molecule has 32 heavy (non-hydrogen) atoms. The molecule has 0 bridgehead atoms. The van der Waals surface area contributed by atoms with Crippen molar-refractivity contribution in [3.63, 3.8) is 0 Å². The molecule has 9 heteroatoms. The van der Waals surface area contributed by atoms with Crippen molar-refractivity contribution in [1.82, 2.24) is 0 Å². The monoisotopic (exact) mass is 478 g/mol. The molecule has 0 rings (SSSR count). The summed E-state index contributed by atoms with van der Waals surface area (Å²) in [6.45, 7) is 3.38. The van der Waals surface area contributed by atoms with Crippen LogP contribution in [0.4, 0.5) is 0 Å². The maximum atomic E-state index is 12.1. The standard InChI is InChI=1S/C23H43O8P/c1-3-5-7-8-9-10-11-12-13-14-16-18-23(25)31-21(20-30-32(26,27)28)19-29-22(24)17-15-6-4-2/h8-9,21H,3-7,10-20H2,1-2H3,(H2,26,27,28)/b9-8+/t21-/m0/s1. The van der Waals surface area contributed by atoms with Crippen molar-refractivity contribution in [3.05, 3.63) is 12.2 Å². The SMILES string of the molecule is CCCC/C=C/CCCCCCCC(=O)O[C@@H](COC(=O)CCCCC)COP(=O)(O)O. The number of allylic oxidation sites excluding steroid dienone is 2. The summed E-state index contributed by atoms with van der Waals surface area (Å²) in [5, 5.41) is 0. The summed E-state index contributed by atoms with van der Waals surface area (Å²) in [4.78, 5) is 41.6. The summed E-state index contributed by atoms with van der Waals surface area (Å²) >= 11 is 0. The number of rotatable bonds is 21. The van der Waals surface area contributed by atoms with Crippen molar-refractivity contribution in [2.75, 3.05) is 13.2 Å². The van der Waals surface area contributed by atoms with Crippen LogP contribution in [0.1, 0.15) is 104 Å². The third-order valence-corrected chi connectivity index (χ3v) is 5.27. The number of phosphoric acid groups is 1. The molecule has 0 radical (unpaired) electrons. The largest absolute Gasteiger partial charge is 0.469 e. The van der Waals surface area contributed by atoms with Gasteiger partial charge in [0.25, 0.3) is 0 Å². The molecule has 0 aromatic heterocycles. The van der Waals surface area contributed by atoms with E-state index in [1.807, 2.05) is 6.92 Å². The average molecular weight is 479 g/mol. The van der Waals surface area contributed by atoms with Crippen molar-refractivity contribution in [1.29, 1.82) is 0 Å². The van der Waals surface area contributed by atoms with Crippen molar-refractivity contribution in [2.45, 2.75) is 110 Å². The third-order valence-electron chi connectivity index (χ3n) is 4.78. The Hall–Kier alpha value is -1.21. The average Bonchev–Trinajstić information content (AvgIpc) is 2.73. The van der Waals surface area contributed by atoms with Crippen LogP contribution in [0.2, 0.25) is 0 Å². The van der Waals surface area contributed by atoms with Gasteiger partial charge in [0.2, 0.25) is 0 Å². The molecule has 0 aromatic carbocycles. The van der Waals surface area contributed by atoms with E-state index in [0.717, 1.165) is 51.4 Å². The van der Waals surface area contributed by atoms with Gasteiger partial charge in [0, 0.05) is 12.8 Å². The molecule has 0 heterocycles. The highest BCUT2D eigenvalue weighted by Gasteiger charge is 2.22. The van der Waals surface area contributed by atoms with E-state index in [-0.39, 0.29) is 19.4 Å². The topological polar surface area (TPSA) is 119 Å². The van der Waals surface area contributed by atoms with E-state index in [1.165, 1.54) is 12.8 Å². The highest BCUT2D eigenvalue weighted by molar-refractivity contribution is 7.46. The normalized spacial score (nSPS) is 12.8. The number of hydrogen-bond acceptors (Lipinski definition) is 6. The van der Waals surface area contributed by atoms with Gasteiger partial charge in [-0.05, 0) is 32.1 Å². The smallest absolute Gasteiger partial charge is 0.462 e. The number of unbranched alkanes of at least 4 members (excludes halogenated alkanes) is 9. The molecular formula is C23H43O8P. The Morgan fingerprint density at radius 3 is 2.00 bits per heavy atom. The lowest BCUT2D eigenvalue weighted by molar-refractivity contribution is -0.161. The van der Waals surface area contributed by atoms with Crippen LogP contribution in [0.25, 0.3) is 0 Å². The Balaban J connectivity index is 4.10. The van der Waals surface area contributed by atoms with Crippen LogP contribution < -0.4 is 0 Å². The molecule has 188 valence electrons. The highest BCUT2D eigenvalue weighted by atomic mass is 31.2. The Morgan fingerprint density at radius 1 is 0.781 bits per heavy atom. The maximum absolute atomic E-state index is 12.1. The van der Waals surface area contributed by atoms with Crippen LogP contribution >= 0.6 is 7.82 Å². The van der Waals surface area contributed by atoms with Crippen LogP contribution in [-0.4, -0.2) is 41.0 Å². The summed E-state index contributed by atoms with van der Waals surface area (Å²) in [7, 11) is -4.72. The second-order valence-electron chi connectivity index (χ2n) is 7.96. The summed E-state index contributed by atoms with van der Waals surface area (Å²) in [6, 6.07) is 0. The molecule has 0 aliphatic heterocycles. The molecule has 0 unspecified atom stereocenters. The Morgan fingerprint density at radius 2 is 1.34 bits per heavy atom. The van der Waals surface area contributed by atoms with Crippen molar-refractivity contribution >= 4 is 19.8 Å². The van der Waals surface area contributed by atoms with Gasteiger partial charge in [0.15, 0.2) is 6.10 Å². The van der Waals surface area contributed by atoms with E-state index in [0.29, 0.717) is 12.8 Å². The first-order valence-corrected chi connectivity index (χ1v) is 13.5.